The van der Waals surface area contributed by atoms with Crippen LogP contribution in [0.5, 0.6) is 11.5 Å². The average molecular weight is 489 g/mol. The maximum Gasteiger partial charge on any atom is 0.331 e. The lowest BCUT2D eigenvalue weighted by atomic mass is 10.1. The molecule has 0 saturated carbocycles. The quantitative estimate of drug-likeness (QED) is 0.277. The second-order valence-corrected chi connectivity index (χ2v) is 7.59. The van der Waals surface area contributed by atoms with Gasteiger partial charge in [-0.15, -0.1) is 0 Å². The van der Waals surface area contributed by atoms with Crippen LogP contribution in [0.15, 0.2) is 71.4 Å². The molecule has 0 bridgehead atoms. The van der Waals surface area contributed by atoms with Crippen molar-refractivity contribution in [3.8, 4) is 28.4 Å². The van der Waals surface area contributed by atoms with E-state index in [-0.39, 0.29) is 5.82 Å². The Bertz CT molecular complexity index is 1390. The summed E-state index contributed by atoms with van der Waals surface area (Å²) in [7, 11) is 3.12. The van der Waals surface area contributed by atoms with Gasteiger partial charge in [0.05, 0.1) is 19.9 Å². The Labute approximate surface area is 207 Å². The fourth-order valence-corrected chi connectivity index (χ4v) is 3.38. The van der Waals surface area contributed by atoms with Gasteiger partial charge in [-0.3, -0.25) is 4.79 Å². The summed E-state index contributed by atoms with van der Waals surface area (Å²) < 4.78 is 22.4. The molecule has 1 amide bonds. The van der Waals surface area contributed by atoms with Gasteiger partial charge in [-0.2, -0.15) is 5.10 Å². The van der Waals surface area contributed by atoms with Gasteiger partial charge >= 0.3 is 5.97 Å². The third kappa shape index (κ3) is 5.79. The van der Waals surface area contributed by atoms with Crippen LogP contribution >= 0.6 is 0 Å². The van der Waals surface area contributed by atoms with Crippen molar-refractivity contribution in [1.29, 1.82) is 0 Å². The third-order valence-electron chi connectivity index (χ3n) is 5.06. The van der Waals surface area contributed by atoms with Crippen molar-refractivity contribution in [2.45, 2.75) is 6.92 Å². The van der Waals surface area contributed by atoms with Crippen molar-refractivity contribution in [2.75, 3.05) is 26.1 Å². The number of rotatable bonds is 9. The summed E-state index contributed by atoms with van der Waals surface area (Å²) in [6.07, 6.45) is 4.62. The Morgan fingerprint density at radius 2 is 1.83 bits per heavy atom. The van der Waals surface area contributed by atoms with Gasteiger partial charge in [-0.05, 0) is 43.3 Å². The van der Waals surface area contributed by atoms with Crippen molar-refractivity contribution in [3.05, 3.63) is 78.2 Å². The van der Waals surface area contributed by atoms with Crippen LogP contribution in [-0.4, -0.2) is 47.6 Å². The van der Waals surface area contributed by atoms with Gasteiger partial charge in [0.1, 0.15) is 11.5 Å². The smallest absolute Gasteiger partial charge is 0.331 e. The number of para-hydroxylation sites is 1. The zero-order chi connectivity index (χ0) is 25.5. The van der Waals surface area contributed by atoms with Crippen LogP contribution in [0.4, 0.5) is 5.82 Å². The first-order valence-corrected chi connectivity index (χ1v) is 10.9. The Kier molecular flexibility index (Phi) is 7.45. The highest BCUT2D eigenvalue weighted by Gasteiger charge is 2.14. The molecule has 184 valence electrons. The number of ether oxygens (including phenoxy) is 3. The zero-order valence-corrected chi connectivity index (χ0v) is 19.9. The van der Waals surface area contributed by atoms with Crippen LogP contribution in [-0.2, 0) is 14.3 Å². The number of benzene rings is 2. The van der Waals surface area contributed by atoms with Crippen LogP contribution in [0.1, 0.15) is 11.3 Å². The number of carbonyl (C=O) groups is 2. The first-order valence-electron chi connectivity index (χ1n) is 10.9. The molecule has 0 aliphatic heterocycles. The number of hydrogen-bond donors (Lipinski definition) is 1. The number of aromatic nitrogens is 3. The van der Waals surface area contributed by atoms with E-state index in [2.05, 4.69) is 10.5 Å². The number of methoxy groups -OCH3 is 2. The summed E-state index contributed by atoms with van der Waals surface area (Å²) in [4.78, 5) is 24.3. The molecule has 1 N–H and O–H groups in total. The van der Waals surface area contributed by atoms with Gasteiger partial charge in [-0.25, -0.2) is 9.48 Å². The van der Waals surface area contributed by atoms with Crippen molar-refractivity contribution in [3.63, 3.8) is 0 Å². The SMILES string of the molecule is COc1ccc(-c2nn(-c3ccccc3)cc2C=CC(=O)OCC(=O)Nc2cc(C)on2)cc1OC. The highest BCUT2D eigenvalue weighted by atomic mass is 16.5. The van der Waals surface area contributed by atoms with E-state index in [1.165, 1.54) is 6.08 Å². The molecule has 2 heterocycles. The number of anilines is 1. The number of amides is 1. The number of carbonyl (C=O) groups excluding carboxylic acids is 2. The summed E-state index contributed by atoms with van der Waals surface area (Å²) in [6, 6.07) is 16.6. The number of nitrogens with zero attached hydrogens (tertiary/aromatic N) is 3. The topological polar surface area (TPSA) is 118 Å². The first kappa shape index (κ1) is 24.3. The lowest BCUT2D eigenvalue weighted by Gasteiger charge is -2.09. The molecule has 0 spiro atoms. The largest absolute Gasteiger partial charge is 0.493 e. The molecule has 0 unspecified atom stereocenters. The van der Waals surface area contributed by atoms with E-state index >= 15 is 0 Å². The van der Waals surface area contributed by atoms with Gasteiger partial charge in [0.15, 0.2) is 23.9 Å². The van der Waals surface area contributed by atoms with Crippen LogP contribution in [0, 0.1) is 6.92 Å². The molecule has 4 aromatic rings. The van der Waals surface area contributed by atoms with E-state index in [1.54, 1.807) is 50.2 Å². The summed E-state index contributed by atoms with van der Waals surface area (Å²) in [6.45, 7) is 1.23. The molecule has 0 aliphatic carbocycles. The molecule has 0 saturated heterocycles. The molecule has 36 heavy (non-hydrogen) atoms. The van der Waals surface area contributed by atoms with Crippen molar-refractivity contribution in [2.24, 2.45) is 0 Å². The van der Waals surface area contributed by atoms with E-state index in [1.807, 2.05) is 42.5 Å². The lowest BCUT2D eigenvalue weighted by Crippen LogP contribution is -2.20. The fraction of sp³-hybridized carbons (Fsp3) is 0.154. The summed E-state index contributed by atoms with van der Waals surface area (Å²) in [5, 5.41) is 10.9. The Morgan fingerprint density at radius 1 is 1.06 bits per heavy atom. The van der Waals surface area contributed by atoms with Crippen molar-refractivity contribution >= 4 is 23.8 Å². The van der Waals surface area contributed by atoms with E-state index in [4.69, 9.17) is 23.8 Å². The van der Waals surface area contributed by atoms with Gasteiger partial charge < -0.3 is 24.1 Å². The maximum absolute atomic E-state index is 12.3. The van der Waals surface area contributed by atoms with Crippen molar-refractivity contribution in [1.82, 2.24) is 14.9 Å². The molecule has 2 aromatic heterocycles. The predicted octanol–water partition coefficient (Wildman–Crippen LogP) is 4.05. The third-order valence-corrected chi connectivity index (χ3v) is 5.06. The highest BCUT2D eigenvalue weighted by molar-refractivity contribution is 5.94. The molecule has 0 atom stereocenters. The van der Waals surface area contributed by atoms with Crippen molar-refractivity contribution < 1.29 is 28.3 Å². The number of esters is 1. The Balaban J connectivity index is 1.54. The first-order chi connectivity index (χ1) is 17.5. The van der Waals surface area contributed by atoms with E-state index in [0.717, 1.165) is 11.3 Å². The van der Waals surface area contributed by atoms with Crippen LogP contribution in [0.2, 0.25) is 0 Å². The van der Waals surface area contributed by atoms with Gasteiger partial charge in [0.25, 0.3) is 5.91 Å². The Hall–Kier alpha value is -4.86. The predicted molar refractivity (Wildman–Crippen MR) is 132 cm³/mol. The average Bonchev–Trinajstić information content (AvgIpc) is 3.52. The Morgan fingerprint density at radius 3 is 2.53 bits per heavy atom. The van der Waals surface area contributed by atoms with Gasteiger partial charge in [-0.1, -0.05) is 23.4 Å². The number of nitrogens with one attached hydrogen (secondary N) is 1. The zero-order valence-electron chi connectivity index (χ0n) is 19.9. The summed E-state index contributed by atoms with van der Waals surface area (Å²) in [5.74, 6) is 0.707. The van der Waals surface area contributed by atoms with Crippen LogP contribution in [0.3, 0.4) is 0 Å². The van der Waals surface area contributed by atoms with Gasteiger partial charge in [0.2, 0.25) is 0 Å². The lowest BCUT2D eigenvalue weighted by molar-refractivity contribution is -0.142. The maximum atomic E-state index is 12.3. The summed E-state index contributed by atoms with van der Waals surface area (Å²) >= 11 is 0. The molecule has 2 aromatic carbocycles. The molecule has 0 aliphatic rings. The second-order valence-electron chi connectivity index (χ2n) is 7.59. The minimum atomic E-state index is -0.688. The van der Waals surface area contributed by atoms with Crippen LogP contribution in [0.25, 0.3) is 23.0 Å². The second kappa shape index (κ2) is 11.0. The molecule has 10 nitrogen and oxygen atoms in total. The van der Waals surface area contributed by atoms with E-state index < -0.39 is 18.5 Å². The fourth-order valence-electron chi connectivity index (χ4n) is 3.38. The van der Waals surface area contributed by atoms with Gasteiger partial charge in [0, 0.05) is 29.5 Å². The molecular formula is C26H24N4O6. The monoisotopic (exact) mass is 488 g/mol. The number of hydrogen-bond acceptors (Lipinski definition) is 8. The minimum Gasteiger partial charge on any atom is -0.493 e. The summed E-state index contributed by atoms with van der Waals surface area (Å²) in [5.41, 5.74) is 2.88. The molecule has 10 heteroatoms. The normalized spacial score (nSPS) is 10.9. The highest BCUT2D eigenvalue weighted by Crippen LogP contribution is 2.33. The molecule has 0 radical (unpaired) electrons. The van der Waals surface area contributed by atoms with E-state index in [0.29, 0.717) is 28.5 Å². The molecule has 4 rings (SSSR count). The number of aryl methyl sites for hydroxylation is 1. The molecule has 0 fully saturated rings. The molecular weight excluding hydrogens is 464 g/mol. The minimum absolute atomic E-state index is 0.247. The standard InChI is InChI=1S/C26H24N4O6/c1-17-13-23(29-36-17)27-24(31)16-35-25(32)12-10-19-15-30(20-7-5-4-6-8-20)28-26(19)18-9-11-21(33-2)22(14-18)34-3/h4-15H,16H2,1-3H3,(H,27,29,31). The van der Waals surface area contributed by atoms with E-state index in [9.17, 15) is 9.59 Å². The van der Waals surface area contributed by atoms with Crippen LogP contribution < -0.4 is 14.8 Å².